The summed E-state index contributed by atoms with van der Waals surface area (Å²) in [6, 6.07) is 0. The molecule has 1 aliphatic heterocycles. The predicted molar refractivity (Wildman–Crippen MR) is 68.7 cm³/mol. The Morgan fingerprint density at radius 1 is 1.22 bits per heavy atom. The largest absolute Gasteiger partial charge is 0.381 e. The molecule has 18 heavy (non-hydrogen) atoms. The van der Waals surface area contributed by atoms with Crippen LogP contribution in [0.5, 0.6) is 0 Å². The van der Waals surface area contributed by atoms with Crippen LogP contribution in [0, 0.1) is 0 Å². The Bertz CT molecular complexity index is 384. The highest BCUT2D eigenvalue weighted by Gasteiger charge is 2.36. The lowest BCUT2D eigenvalue weighted by Crippen LogP contribution is -2.39. The smallest absolute Gasteiger partial charge is 0.246 e. The molecule has 1 aromatic heterocycles. The molecule has 5 nitrogen and oxygen atoms in total. The Kier molecular flexibility index (Phi) is 4.25. The molecule has 3 rings (SSSR count). The fourth-order valence-corrected chi connectivity index (χ4v) is 2.74. The molecule has 2 fully saturated rings. The van der Waals surface area contributed by atoms with Crippen LogP contribution in [0.4, 0.5) is 0 Å². The van der Waals surface area contributed by atoms with Crippen molar-refractivity contribution >= 4 is 12.4 Å². The minimum atomic E-state index is -0.386. The second-order valence-electron chi connectivity index (χ2n) is 5.24. The van der Waals surface area contributed by atoms with Gasteiger partial charge in [0, 0.05) is 12.5 Å². The summed E-state index contributed by atoms with van der Waals surface area (Å²) < 4.78 is 10.7. The Labute approximate surface area is 113 Å². The van der Waals surface area contributed by atoms with Gasteiger partial charge in [-0.15, -0.1) is 12.4 Å². The van der Waals surface area contributed by atoms with Crippen LogP contribution in [0.3, 0.4) is 0 Å². The van der Waals surface area contributed by atoms with Gasteiger partial charge in [-0.3, -0.25) is 0 Å². The third-order valence-corrected chi connectivity index (χ3v) is 3.91. The molecule has 1 saturated carbocycles. The summed E-state index contributed by atoms with van der Waals surface area (Å²) in [6.45, 7) is 1.50. The number of nitrogens with two attached hydrogens (primary N) is 1. The van der Waals surface area contributed by atoms with Crippen LogP contribution in [0.25, 0.3) is 0 Å². The molecule has 1 atom stereocenters. The third kappa shape index (κ3) is 2.53. The van der Waals surface area contributed by atoms with E-state index in [2.05, 4.69) is 10.1 Å². The predicted octanol–water partition coefficient (Wildman–Crippen LogP) is 2.11. The summed E-state index contributed by atoms with van der Waals surface area (Å²) >= 11 is 0. The van der Waals surface area contributed by atoms with Gasteiger partial charge < -0.3 is 15.0 Å². The average Bonchev–Trinajstić information content (AvgIpc) is 3.01. The molecular weight excluding hydrogens is 254 g/mol. The van der Waals surface area contributed by atoms with Crippen molar-refractivity contribution in [2.45, 2.75) is 50.0 Å². The third-order valence-electron chi connectivity index (χ3n) is 3.91. The van der Waals surface area contributed by atoms with Crippen LogP contribution in [-0.4, -0.2) is 23.4 Å². The monoisotopic (exact) mass is 273 g/mol. The maximum Gasteiger partial charge on any atom is 0.246 e. The molecule has 2 N–H and O–H groups in total. The molecule has 0 bridgehead atoms. The number of aromatic nitrogens is 2. The van der Waals surface area contributed by atoms with Crippen molar-refractivity contribution in [1.29, 1.82) is 0 Å². The summed E-state index contributed by atoms with van der Waals surface area (Å²) in [5, 5.41) is 4.07. The highest BCUT2D eigenvalue weighted by molar-refractivity contribution is 5.85. The molecule has 1 saturated heterocycles. The molecule has 0 aromatic carbocycles. The number of nitrogens with zero attached hydrogens (tertiary/aromatic N) is 2. The minimum absolute atomic E-state index is 0. The summed E-state index contributed by atoms with van der Waals surface area (Å²) in [6.07, 6.45) is 6.46. The molecular formula is C12H20ClN3O2. The van der Waals surface area contributed by atoms with Gasteiger partial charge in [0.1, 0.15) is 0 Å². The van der Waals surface area contributed by atoms with E-state index in [1.54, 1.807) is 0 Å². The van der Waals surface area contributed by atoms with E-state index < -0.39 is 0 Å². The van der Waals surface area contributed by atoms with E-state index in [1.807, 2.05) is 0 Å². The summed E-state index contributed by atoms with van der Waals surface area (Å²) in [5.74, 6) is 1.69. The molecule has 6 heteroatoms. The van der Waals surface area contributed by atoms with E-state index in [9.17, 15) is 0 Å². The minimum Gasteiger partial charge on any atom is -0.381 e. The van der Waals surface area contributed by atoms with Crippen LogP contribution in [0.15, 0.2) is 4.52 Å². The zero-order valence-corrected chi connectivity index (χ0v) is 11.2. The molecule has 0 amide bonds. The first-order valence-corrected chi connectivity index (χ1v) is 6.49. The van der Waals surface area contributed by atoms with E-state index in [0.717, 1.165) is 44.5 Å². The van der Waals surface area contributed by atoms with Crippen LogP contribution in [0.1, 0.15) is 56.2 Å². The van der Waals surface area contributed by atoms with Crippen LogP contribution in [-0.2, 0) is 10.3 Å². The number of hydrogen-bond donors (Lipinski definition) is 1. The van der Waals surface area contributed by atoms with E-state index in [4.69, 9.17) is 15.0 Å². The van der Waals surface area contributed by atoms with Crippen molar-refractivity contribution < 1.29 is 9.26 Å². The second-order valence-corrected chi connectivity index (χ2v) is 5.24. The summed E-state index contributed by atoms with van der Waals surface area (Å²) in [7, 11) is 0. The van der Waals surface area contributed by atoms with Gasteiger partial charge in [0.2, 0.25) is 5.89 Å². The lowest BCUT2D eigenvalue weighted by molar-refractivity contribution is 0.192. The van der Waals surface area contributed by atoms with Gasteiger partial charge in [0.15, 0.2) is 5.82 Å². The lowest BCUT2D eigenvalue weighted by Gasteiger charge is -2.29. The number of halogens is 1. The Hall–Kier alpha value is -0.650. The lowest BCUT2D eigenvalue weighted by atomic mass is 9.82. The maximum absolute atomic E-state index is 6.36. The highest BCUT2D eigenvalue weighted by atomic mass is 35.5. The van der Waals surface area contributed by atoms with Gasteiger partial charge in [-0.2, -0.15) is 4.98 Å². The molecule has 1 aliphatic carbocycles. The Morgan fingerprint density at radius 2 is 2.00 bits per heavy atom. The molecule has 102 valence electrons. The quantitative estimate of drug-likeness (QED) is 0.893. The van der Waals surface area contributed by atoms with Gasteiger partial charge in [-0.05, 0) is 19.3 Å². The van der Waals surface area contributed by atoms with Crippen molar-refractivity contribution in [3.05, 3.63) is 11.7 Å². The van der Waals surface area contributed by atoms with E-state index in [-0.39, 0.29) is 17.9 Å². The SMILES string of the molecule is Cl.NC1(c2nc(C3CCOC3)no2)CCCCC1. The van der Waals surface area contributed by atoms with Crippen molar-refractivity contribution in [2.75, 3.05) is 13.2 Å². The highest BCUT2D eigenvalue weighted by Crippen LogP contribution is 2.34. The summed E-state index contributed by atoms with van der Waals surface area (Å²) in [5.41, 5.74) is 5.98. The fourth-order valence-electron chi connectivity index (χ4n) is 2.74. The van der Waals surface area contributed by atoms with Gasteiger partial charge >= 0.3 is 0 Å². The van der Waals surface area contributed by atoms with Crippen LogP contribution in [0.2, 0.25) is 0 Å². The van der Waals surface area contributed by atoms with E-state index in [1.165, 1.54) is 6.42 Å². The first-order chi connectivity index (χ1) is 8.28. The van der Waals surface area contributed by atoms with Crippen molar-refractivity contribution in [3.8, 4) is 0 Å². The van der Waals surface area contributed by atoms with E-state index >= 15 is 0 Å². The molecule has 2 aliphatic rings. The standard InChI is InChI=1S/C12H19N3O2.ClH/c13-12(5-2-1-3-6-12)11-14-10(15-17-11)9-4-7-16-8-9;/h9H,1-8,13H2;1H. The first kappa shape index (κ1) is 13.8. The second kappa shape index (κ2) is 5.55. The van der Waals surface area contributed by atoms with E-state index in [0.29, 0.717) is 18.4 Å². The molecule has 0 radical (unpaired) electrons. The molecule has 1 aromatic rings. The zero-order chi connectivity index (χ0) is 11.7. The number of hydrogen-bond acceptors (Lipinski definition) is 5. The van der Waals surface area contributed by atoms with Crippen molar-refractivity contribution in [3.63, 3.8) is 0 Å². The number of rotatable bonds is 2. The van der Waals surface area contributed by atoms with Gasteiger partial charge in [0.05, 0.1) is 12.1 Å². The maximum atomic E-state index is 6.36. The van der Waals surface area contributed by atoms with Gasteiger partial charge in [-0.25, -0.2) is 0 Å². The Morgan fingerprint density at radius 3 is 2.67 bits per heavy atom. The topological polar surface area (TPSA) is 74.2 Å². The normalized spacial score (nSPS) is 26.8. The zero-order valence-electron chi connectivity index (χ0n) is 10.4. The van der Waals surface area contributed by atoms with Gasteiger partial charge in [0.25, 0.3) is 0 Å². The summed E-state index contributed by atoms with van der Waals surface area (Å²) in [4.78, 5) is 4.50. The Balaban J connectivity index is 0.00000120. The molecule has 0 spiro atoms. The first-order valence-electron chi connectivity index (χ1n) is 6.49. The fraction of sp³-hybridized carbons (Fsp3) is 0.833. The number of ether oxygens (including phenoxy) is 1. The van der Waals surface area contributed by atoms with Crippen LogP contribution >= 0.6 is 12.4 Å². The van der Waals surface area contributed by atoms with Crippen LogP contribution < -0.4 is 5.73 Å². The molecule has 1 unspecified atom stereocenters. The van der Waals surface area contributed by atoms with Crippen molar-refractivity contribution in [1.82, 2.24) is 10.1 Å². The molecule has 2 heterocycles. The van der Waals surface area contributed by atoms with Gasteiger partial charge in [-0.1, -0.05) is 24.4 Å². The average molecular weight is 274 g/mol. The van der Waals surface area contributed by atoms with Crippen molar-refractivity contribution in [2.24, 2.45) is 5.73 Å².